The van der Waals surface area contributed by atoms with Crippen molar-refractivity contribution in [2.45, 2.75) is 57.3 Å². The molecule has 0 unspecified atom stereocenters. The fourth-order valence-corrected chi connectivity index (χ4v) is 5.65. The number of unbranched alkanes of at least 4 members (excludes halogenated alkanes) is 2. The maximum Gasteiger partial charge on any atom is 0.337 e. The number of ether oxygens (including phenoxy) is 2. The quantitative estimate of drug-likeness (QED) is 0.153. The third kappa shape index (κ3) is 8.27. The number of para-hydroxylation sites is 1. The van der Waals surface area contributed by atoms with Crippen molar-refractivity contribution in [2.75, 3.05) is 33.9 Å². The second-order valence-corrected chi connectivity index (χ2v) is 10.3. The van der Waals surface area contributed by atoms with Crippen LogP contribution in [0.5, 0.6) is 5.75 Å². The maximum atomic E-state index is 12.5. The van der Waals surface area contributed by atoms with Crippen molar-refractivity contribution in [3.05, 3.63) is 53.6 Å². The third-order valence-electron chi connectivity index (χ3n) is 7.60. The molecule has 2 aromatic carbocycles. The molecular formula is C33H43N3O5. The second-order valence-electron chi connectivity index (χ2n) is 10.3. The van der Waals surface area contributed by atoms with E-state index in [-0.39, 0.29) is 18.5 Å². The van der Waals surface area contributed by atoms with Crippen LogP contribution >= 0.6 is 0 Å². The van der Waals surface area contributed by atoms with Crippen LogP contribution in [0.25, 0.3) is 22.2 Å². The van der Waals surface area contributed by atoms with E-state index in [9.17, 15) is 9.59 Å². The number of aryl methyl sites for hydroxylation is 1. The number of hydrogen-bond acceptors (Lipinski definition) is 6. The van der Waals surface area contributed by atoms with Crippen LogP contribution in [0, 0.1) is 12.5 Å². The first-order valence-corrected chi connectivity index (χ1v) is 14.4. The molecule has 220 valence electrons. The van der Waals surface area contributed by atoms with Crippen LogP contribution in [0.2, 0.25) is 0 Å². The molecular weight excluding hydrogens is 518 g/mol. The summed E-state index contributed by atoms with van der Waals surface area (Å²) in [6.07, 6.45) is 14.5. The summed E-state index contributed by atoms with van der Waals surface area (Å²) in [4.78, 5) is 24.8. The van der Waals surface area contributed by atoms with Crippen molar-refractivity contribution in [1.29, 1.82) is 0 Å². The molecule has 0 bridgehead atoms. The SMILES string of the molecule is C#CO.CNCCCCCNC(=O)COc1ccccc1-c1c(C2CCCCC2)c2ccc(C(=O)OC)cc2n1C. The van der Waals surface area contributed by atoms with E-state index >= 15 is 0 Å². The van der Waals surface area contributed by atoms with Crippen LogP contribution in [-0.2, 0) is 16.6 Å². The van der Waals surface area contributed by atoms with Gasteiger partial charge in [-0.1, -0.05) is 50.3 Å². The van der Waals surface area contributed by atoms with Gasteiger partial charge in [-0.15, -0.1) is 0 Å². The highest BCUT2D eigenvalue weighted by atomic mass is 16.5. The molecule has 1 amide bonds. The summed E-state index contributed by atoms with van der Waals surface area (Å²) < 4.78 is 13.3. The number of esters is 1. The number of terminal acetylenes is 1. The van der Waals surface area contributed by atoms with E-state index in [4.69, 9.17) is 14.6 Å². The number of aliphatic hydroxyl groups excluding tert-OH is 1. The molecule has 0 atom stereocenters. The fourth-order valence-electron chi connectivity index (χ4n) is 5.65. The Hall–Kier alpha value is -3.96. The Labute approximate surface area is 243 Å². The van der Waals surface area contributed by atoms with Crippen molar-refractivity contribution in [2.24, 2.45) is 7.05 Å². The van der Waals surface area contributed by atoms with Gasteiger partial charge in [-0.2, -0.15) is 0 Å². The number of nitrogens with one attached hydrogen (secondary N) is 2. The van der Waals surface area contributed by atoms with Crippen LogP contribution < -0.4 is 15.4 Å². The molecule has 1 fully saturated rings. The lowest BCUT2D eigenvalue weighted by Gasteiger charge is -2.24. The molecule has 8 nitrogen and oxygen atoms in total. The second kappa shape index (κ2) is 16.3. The topological polar surface area (TPSA) is 102 Å². The van der Waals surface area contributed by atoms with E-state index in [1.165, 1.54) is 38.0 Å². The van der Waals surface area contributed by atoms with E-state index in [1.54, 1.807) is 0 Å². The van der Waals surface area contributed by atoms with E-state index in [0.717, 1.165) is 60.8 Å². The predicted molar refractivity (Wildman–Crippen MR) is 163 cm³/mol. The summed E-state index contributed by atoms with van der Waals surface area (Å²) in [5, 5.41) is 14.4. The number of aliphatic hydroxyl groups is 1. The zero-order chi connectivity index (χ0) is 29.6. The molecule has 1 heterocycles. The zero-order valence-corrected chi connectivity index (χ0v) is 24.5. The van der Waals surface area contributed by atoms with Crippen molar-refractivity contribution in [1.82, 2.24) is 15.2 Å². The predicted octanol–water partition coefficient (Wildman–Crippen LogP) is 5.51. The van der Waals surface area contributed by atoms with E-state index in [0.29, 0.717) is 23.8 Å². The van der Waals surface area contributed by atoms with Gasteiger partial charge in [0.25, 0.3) is 5.91 Å². The molecule has 4 rings (SSSR count). The lowest BCUT2D eigenvalue weighted by molar-refractivity contribution is -0.123. The number of methoxy groups -OCH3 is 1. The van der Waals surface area contributed by atoms with Gasteiger partial charge >= 0.3 is 5.97 Å². The summed E-state index contributed by atoms with van der Waals surface area (Å²) in [6, 6.07) is 13.8. The Balaban J connectivity index is 0.00000147. The first kappa shape index (κ1) is 31.6. The molecule has 3 N–H and O–H groups in total. The first-order valence-electron chi connectivity index (χ1n) is 14.4. The van der Waals surface area contributed by atoms with Gasteiger partial charge < -0.3 is 29.8 Å². The molecule has 0 radical (unpaired) electrons. The van der Waals surface area contributed by atoms with E-state index in [1.807, 2.05) is 44.4 Å². The lowest BCUT2D eigenvalue weighted by atomic mass is 9.81. The molecule has 1 aliphatic carbocycles. The zero-order valence-electron chi connectivity index (χ0n) is 24.5. The summed E-state index contributed by atoms with van der Waals surface area (Å²) in [6.45, 7) is 1.63. The number of hydrogen-bond donors (Lipinski definition) is 3. The van der Waals surface area contributed by atoms with Crippen molar-refractivity contribution in [3.8, 4) is 29.5 Å². The van der Waals surface area contributed by atoms with Crippen LogP contribution in [0.4, 0.5) is 0 Å². The molecule has 1 aromatic heterocycles. The summed E-state index contributed by atoms with van der Waals surface area (Å²) in [5.74, 6) is 0.671. The minimum atomic E-state index is -0.342. The average molecular weight is 562 g/mol. The molecule has 1 saturated carbocycles. The Morgan fingerprint density at radius 2 is 1.78 bits per heavy atom. The highest BCUT2D eigenvalue weighted by Gasteiger charge is 2.27. The van der Waals surface area contributed by atoms with Gasteiger partial charge in [0.15, 0.2) is 6.61 Å². The van der Waals surface area contributed by atoms with Gasteiger partial charge in [-0.25, -0.2) is 4.79 Å². The van der Waals surface area contributed by atoms with E-state index < -0.39 is 0 Å². The Morgan fingerprint density at radius 3 is 2.49 bits per heavy atom. The lowest BCUT2D eigenvalue weighted by Crippen LogP contribution is -2.29. The number of benzene rings is 2. The molecule has 8 heteroatoms. The van der Waals surface area contributed by atoms with Crippen LogP contribution in [-0.4, -0.2) is 55.4 Å². The number of amides is 1. The van der Waals surface area contributed by atoms with Gasteiger partial charge in [0.05, 0.1) is 18.4 Å². The fraction of sp³-hybridized carbons (Fsp3) is 0.455. The summed E-state index contributed by atoms with van der Waals surface area (Å²) >= 11 is 0. The number of carbonyl (C=O) groups excluding carboxylic acids is 2. The monoisotopic (exact) mass is 561 g/mol. The minimum absolute atomic E-state index is 0.0251. The summed E-state index contributed by atoms with van der Waals surface area (Å²) in [5.41, 5.74) is 4.89. The number of rotatable bonds is 12. The molecule has 0 saturated heterocycles. The van der Waals surface area contributed by atoms with Crippen molar-refractivity contribution >= 4 is 22.8 Å². The van der Waals surface area contributed by atoms with Crippen LogP contribution in [0.3, 0.4) is 0 Å². The minimum Gasteiger partial charge on any atom is -0.483 e. The van der Waals surface area contributed by atoms with Gasteiger partial charge in [-0.05, 0) is 75.0 Å². The van der Waals surface area contributed by atoms with Gasteiger partial charge in [0, 0.05) is 30.1 Å². The van der Waals surface area contributed by atoms with Crippen LogP contribution in [0.1, 0.15) is 73.2 Å². The number of nitrogens with zero attached hydrogens (tertiary/aromatic N) is 1. The highest BCUT2D eigenvalue weighted by Crippen LogP contribution is 2.45. The molecule has 1 aliphatic rings. The molecule has 3 aromatic rings. The van der Waals surface area contributed by atoms with Gasteiger partial charge in [0.2, 0.25) is 0 Å². The first-order chi connectivity index (χ1) is 20.0. The average Bonchev–Trinajstić information content (AvgIpc) is 3.29. The highest BCUT2D eigenvalue weighted by molar-refractivity contribution is 5.99. The molecule has 0 aliphatic heterocycles. The van der Waals surface area contributed by atoms with Gasteiger partial charge in [0.1, 0.15) is 11.9 Å². The number of carbonyl (C=O) groups is 2. The Morgan fingerprint density at radius 1 is 1.07 bits per heavy atom. The van der Waals surface area contributed by atoms with Crippen molar-refractivity contribution in [3.63, 3.8) is 0 Å². The maximum absolute atomic E-state index is 12.5. The van der Waals surface area contributed by atoms with Crippen LogP contribution in [0.15, 0.2) is 42.5 Å². The third-order valence-corrected chi connectivity index (χ3v) is 7.60. The number of fused-ring (bicyclic) bond motifs is 1. The normalized spacial score (nSPS) is 13.1. The van der Waals surface area contributed by atoms with Crippen molar-refractivity contribution < 1.29 is 24.2 Å². The van der Waals surface area contributed by atoms with Gasteiger partial charge in [-0.3, -0.25) is 4.79 Å². The standard InChI is InChI=1S/C31H41N3O4.C2H2O/c1-32-18-10-5-11-19-33-28(35)21-38-27-15-9-8-14-25(27)30-29(22-12-6-4-7-13-22)24-17-16-23(31(36)37-3)20-26(24)34(30)2;1-2-3/h8-9,14-17,20,22,32H,4-7,10-13,18-19,21H2,1-3H3,(H,33,35);1,3H. The Bertz CT molecular complexity index is 1330. The Kier molecular flexibility index (Phi) is 12.6. The van der Waals surface area contributed by atoms with E-state index in [2.05, 4.69) is 33.8 Å². The smallest absolute Gasteiger partial charge is 0.337 e. The largest absolute Gasteiger partial charge is 0.483 e. The molecule has 0 spiro atoms. The number of aromatic nitrogens is 1. The molecule has 41 heavy (non-hydrogen) atoms. The summed E-state index contributed by atoms with van der Waals surface area (Å²) in [7, 11) is 5.40.